The molecule has 2 N–H and O–H groups in total. The Balaban J connectivity index is 1.53. The zero-order valence-electron chi connectivity index (χ0n) is 17.6. The normalized spacial score (nSPS) is 15.6. The molecule has 0 bridgehead atoms. The topological polar surface area (TPSA) is 87.7 Å². The molecular weight excluding hydrogens is 418 g/mol. The average molecular weight is 444 g/mol. The molecule has 0 saturated carbocycles. The SMILES string of the molecule is CCCNC(=O)[C@H]1CC(=O)N(c2ccc(OCC(=O)Nc3cc(Cl)ccc3C)cc2)C1. The summed E-state index contributed by atoms with van der Waals surface area (Å²) in [4.78, 5) is 38.3. The van der Waals surface area contributed by atoms with Crippen molar-refractivity contribution in [3.63, 3.8) is 0 Å². The van der Waals surface area contributed by atoms with Gasteiger partial charge in [0.2, 0.25) is 11.8 Å². The van der Waals surface area contributed by atoms with E-state index in [4.69, 9.17) is 16.3 Å². The maximum absolute atomic E-state index is 12.3. The summed E-state index contributed by atoms with van der Waals surface area (Å²) < 4.78 is 5.55. The summed E-state index contributed by atoms with van der Waals surface area (Å²) in [5, 5.41) is 6.16. The van der Waals surface area contributed by atoms with E-state index in [-0.39, 0.29) is 36.7 Å². The molecule has 2 aromatic rings. The minimum Gasteiger partial charge on any atom is -0.484 e. The molecule has 7 nitrogen and oxygen atoms in total. The molecule has 0 radical (unpaired) electrons. The molecule has 1 fully saturated rings. The summed E-state index contributed by atoms with van der Waals surface area (Å²) in [6, 6.07) is 12.2. The van der Waals surface area contributed by atoms with Crippen LogP contribution >= 0.6 is 11.6 Å². The van der Waals surface area contributed by atoms with Crippen molar-refractivity contribution >= 4 is 40.7 Å². The first-order valence-electron chi connectivity index (χ1n) is 10.2. The highest BCUT2D eigenvalue weighted by Gasteiger charge is 2.34. The maximum atomic E-state index is 12.3. The van der Waals surface area contributed by atoms with Crippen molar-refractivity contribution in [3.05, 3.63) is 53.1 Å². The lowest BCUT2D eigenvalue weighted by Crippen LogP contribution is -2.33. The van der Waals surface area contributed by atoms with Gasteiger partial charge < -0.3 is 20.3 Å². The number of aryl methyl sites for hydroxylation is 1. The van der Waals surface area contributed by atoms with Crippen LogP contribution < -0.4 is 20.3 Å². The Morgan fingerprint density at radius 2 is 1.94 bits per heavy atom. The number of nitrogens with one attached hydrogen (secondary N) is 2. The fraction of sp³-hybridized carbons (Fsp3) is 0.348. The molecule has 0 aliphatic carbocycles. The maximum Gasteiger partial charge on any atom is 0.262 e. The number of carbonyl (C=O) groups is 3. The van der Waals surface area contributed by atoms with Gasteiger partial charge in [-0.15, -0.1) is 0 Å². The predicted octanol–water partition coefficient (Wildman–Crippen LogP) is 3.55. The van der Waals surface area contributed by atoms with E-state index in [2.05, 4.69) is 10.6 Å². The highest BCUT2D eigenvalue weighted by atomic mass is 35.5. The monoisotopic (exact) mass is 443 g/mol. The third-order valence-electron chi connectivity index (χ3n) is 5.04. The number of ether oxygens (including phenoxy) is 1. The molecular formula is C23H26ClN3O4. The van der Waals surface area contributed by atoms with Crippen LogP contribution in [0, 0.1) is 12.8 Å². The van der Waals surface area contributed by atoms with Crippen molar-refractivity contribution in [3.8, 4) is 5.75 Å². The van der Waals surface area contributed by atoms with Gasteiger partial charge >= 0.3 is 0 Å². The van der Waals surface area contributed by atoms with Gasteiger partial charge in [0.1, 0.15) is 5.75 Å². The lowest BCUT2D eigenvalue weighted by atomic mass is 10.1. The molecule has 3 amide bonds. The Bertz CT molecular complexity index is 962. The van der Waals surface area contributed by atoms with Crippen LogP contribution in [0.1, 0.15) is 25.3 Å². The Morgan fingerprint density at radius 1 is 1.19 bits per heavy atom. The molecule has 0 aromatic heterocycles. The van der Waals surface area contributed by atoms with E-state index in [1.807, 2.05) is 19.9 Å². The molecule has 31 heavy (non-hydrogen) atoms. The summed E-state index contributed by atoms with van der Waals surface area (Å²) in [5.41, 5.74) is 2.24. The Hall–Kier alpha value is -3.06. The molecule has 8 heteroatoms. The van der Waals surface area contributed by atoms with Gasteiger partial charge in [0.15, 0.2) is 6.61 Å². The molecule has 0 spiro atoms. The van der Waals surface area contributed by atoms with Gasteiger partial charge in [0.25, 0.3) is 5.91 Å². The Kier molecular flexibility index (Phi) is 7.52. The van der Waals surface area contributed by atoms with Gasteiger partial charge in [0.05, 0.1) is 5.92 Å². The van der Waals surface area contributed by atoms with Gasteiger partial charge in [-0.05, 0) is 55.3 Å². The molecule has 164 valence electrons. The second-order valence-electron chi connectivity index (χ2n) is 7.49. The van der Waals surface area contributed by atoms with Crippen molar-refractivity contribution in [2.24, 2.45) is 5.92 Å². The highest BCUT2D eigenvalue weighted by molar-refractivity contribution is 6.31. The molecule has 1 aliphatic rings. The van der Waals surface area contributed by atoms with Crippen molar-refractivity contribution in [2.45, 2.75) is 26.7 Å². The van der Waals surface area contributed by atoms with E-state index in [1.165, 1.54) is 0 Å². The quantitative estimate of drug-likeness (QED) is 0.653. The third kappa shape index (κ3) is 5.98. The number of anilines is 2. The highest BCUT2D eigenvalue weighted by Crippen LogP contribution is 2.27. The molecule has 1 saturated heterocycles. The van der Waals surface area contributed by atoms with Crippen LogP contribution in [0.2, 0.25) is 5.02 Å². The van der Waals surface area contributed by atoms with Crippen molar-refractivity contribution in [1.82, 2.24) is 5.32 Å². The first-order chi connectivity index (χ1) is 14.9. The van der Waals surface area contributed by atoms with E-state index in [9.17, 15) is 14.4 Å². The fourth-order valence-corrected chi connectivity index (χ4v) is 3.48. The molecule has 1 atom stereocenters. The predicted molar refractivity (Wildman–Crippen MR) is 121 cm³/mol. The van der Waals surface area contributed by atoms with E-state index in [0.717, 1.165) is 12.0 Å². The van der Waals surface area contributed by atoms with Crippen molar-refractivity contribution < 1.29 is 19.1 Å². The number of halogens is 1. The van der Waals surface area contributed by atoms with Gasteiger partial charge in [-0.2, -0.15) is 0 Å². The second-order valence-corrected chi connectivity index (χ2v) is 7.92. The molecule has 1 aliphatic heterocycles. The number of hydrogen-bond acceptors (Lipinski definition) is 4. The van der Waals surface area contributed by atoms with Gasteiger partial charge in [0, 0.05) is 35.9 Å². The van der Waals surface area contributed by atoms with Gasteiger partial charge in [-0.3, -0.25) is 14.4 Å². The number of nitrogens with zero attached hydrogens (tertiary/aromatic N) is 1. The number of benzene rings is 2. The Labute approximate surface area is 186 Å². The average Bonchev–Trinajstić information content (AvgIpc) is 3.15. The molecule has 3 rings (SSSR count). The Morgan fingerprint density at radius 3 is 2.65 bits per heavy atom. The lowest BCUT2D eigenvalue weighted by molar-refractivity contribution is -0.126. The van der Waals surface area contributed by atoms with Crippen molar-refractivity contribution in [1.29, 1.82) is 0 Å². The van der Waals surface area contributed by atoms with Crippen LogP contribution in [0.25, 0.3) is 0 Å². The van der Waals surface area contributed by atoms with Crippen LogP contribution in [0.3, 0.4) is 0 Å². The molecule has 0 unspecified atom stereocenters. The summed E-state index contributed by atoms with van der Waals surface area (Å²) in [7, 11) is 0. The zero-order chi connectivity index (χ0) is 22.4. The first kappa shape index (κ1) is 22.6. The minimum atomic E-state index is -0.339. The zero-order valence-corrected chi connectivity index (χ0v) is 18.4. The van der Waals surface area contributed by atoms with E-state index in [0.29, 0.717) is 35.2 Å². The van der Waals surface area contributed by atoms with Crippen LogP contribution in [0.5, 0.6) is 5.75 Å². The standard InChI is InChI=1S/C23H26ClN3O4/c1-3-10-25-23(30)16-11-22(29)27(13-16)18-6-8-19(9-7-18)31-14-21(28)26-20-12-17(24)5-4-15(20)2/h4-9,12,16H,3,10-11,13-14H2,1-2H3,(H,25,30)(H,26,28)/t16-/m0/s1. The van der Waals surface area contributed by atoms with E-state index in [1.54, 1.807) is 41.3 Å². The number of rotatable bonds is 8. The van der Waals surface area contributed by atoms with E-state index >= 15 is 0 Å². The van der Waals surface area contributed by atoms with Crippen LogP contribution in [0.15, 0.2) is 42.5 Å². The molecule has 2 aromatic carbocycles. The second kappa shape index (κ2) is 10.3. The number of hydrogen-bond donors (Lipinski definition) is 2. The summed E-state index contributed by atoms with van der Waals surface area (Å²) in [6.07, 6.45) is 1.06. The number of carbonyl (C=O) groups excluding carboxylic acids is 3. The third-order valence-corrected chi connectivity index (χ3v) is 5.27. The first-order valence-corrected chi connectivity index (χ1v) is 10.6. The van der Waals surface area contributed by atoms with Gasteiger partial charge in [-0.1, -0.05) is 24.6 Å². The summed E-state index contributed by atoms with van der Waals surface area (Å²) >= 11 is 5.97. The number of amides is 3. The molecule has 1 heterocycles. The van der Waals surface area contributed by atoms with E-state index < -0.39 is 0 Å². The minimum absolute atomic E-state index is 0.0819. The largest absolute Gasteiger partial charge is 0.484 e. The lowest BCUT2D eigenvalue weighted by Gasteiger charge is -2.17. The van der Waals surface area contributed by atoms with Crippen LogP contribution in [0.4, 0.5) is 11.4 Å². The summed E-state index contributed by atoms with van der Waals surface area (Å²) in [5.74, 6) is -0.301. The smallest absolute Gasteiger partial charge is 0.262 e. The van der Waals surface area contributed by atoms with Crippen LogP contribution in [-0.4, -0.2) is 37.4 Å². The van der Waals surface area contributed by atoms with Crippen LogP contribution in [-0.2, 0) is 14.4 Å². The fourth-order valence-electron chi connectivity index (χ4n) is 3.31. The van der Waals surface area contributed by atoms with Gasteiger partial charge in [-0.25, -0.2) is 0 Å². The summed E-state index contributed by atoms with van der Waals surface area (Å²) in [6.45, 7) is 4.67. The van der Waals surface area contributed by atoms with Crippen molar-refractivity contribution in [2.75, 3.05) is 29.9 Å².